The van der Waals surface area contributed by atoms with Crippen LogP contribution in [0.5, 0.6) is 0 Å². The molecule has 100 valence electrons. The zero-order valence-corrected chi connectivity index (χ0v) is 11.0. The molecule has 4 heteroatoms. The molecule has 4 nitrogen and oxygen atoms in total. The molecule has 1 aliphatic rings. The van der Waals surface area contributed by atoms with Crippen LogP contribution < -0.4 is 10.6 Å². The van der Waals surface area contributed by atoms with Gasteiger partial charge in [0, 0.05) is 12.6 Å². The number of hydrogen-bond donors (Lipinski definition) is 3. The predicted octanol–water partition coefficient (Wildman–Crippen LogP) is 2.03. The van der Waals surface area contributed by atoms with E-state index in [0.29, 0.717) is 18.5 Å². The van der Waals surface area contributed by atoms with Crippen molar-refractivity contribution in [1.29, 1.82) is 0 Å². The Labute approximate surface area is 104 Å². The second-order valence-corrected chi connectivity index (χ2v) is 5.38. The minimum Gasteiger partial charge on any atom is -0.393 e. The molecule has 17 heavy (non-hydrogen) atoms. The summed E-state index contributed by atoms with van der Waals surface area (Å²) in [5, 5.41) is 15.1. The summed E-state index contributed by atoms with van der Waals surface area (Å²) in [5.74, 6) is 0.312. The monoisotopic (exact) mass is 242 g/mol. The van der Waals surface area contributed by atoms with Crippen LogP contribution in [0.4, 0.5) is 4.79 Å². The number of carbonyl (C=O) groups is 1. The summed E-state index contributed by atoms with van der Waals surface area (Å²) >= 11 is 0. The SMILES string of the molecule is CC(O)CC(C)CNC(=O)NC1CCCCC1. The molecule has 1 aliphatic carbocycles. The number of urea groups is 1. The summed E-state index contributed by atoms with van der Waals surface area (Å²) in [4.78, 5) is 11.6. The van der Waals surface area contributed by atoms with E-state index in [9.17, 15) is 9.90 Å². The highest BCUT2D eigenvalue weighted by molar-refractivity contribution is 5.74. The maximum Gasteiger partial charge on any atom is 0.315 e. The topological polar surface area (TPSA) is 61.4 Å². The van der Waals surface area contributed by atoms with E-state index in [2.05, 4.69) is 10.6 Å². The van der Waals surface area contributed by atoms with Gasteiger partial charge in [0.25, 0.3) is 0 Å². The zero-order valence-electron chi connectivity index (χ0n) is 11.0. The number of carbonyl (C=O) groups excluding carboxylic acids is 1. The Kier molecular flexibility index (Phi) is 6.34. The number of aliphatic hydroxyl groups excluding tert-OH is 1. The van der Waals surface area contributed by atoms with Gasteiger partial charge in [-0.3, -0.25) is 0 Å². The summed E-state index contributed by atoms with van der Waals surface area (Å²) in [5.41, 5.74) is 0. The lowest BCUT2D eigenvalue weighted by Crippen LogP contribution is -2.44. The lowest BCUT2D eigenvalue weighted by Gasteiger charge is -2.23. The Morgan fingerprint density at radius 3 is 2.53 bits per heavy atom. The van der Waals surface area contributed by atoms with E-state index >= 15 is 0 Å². The van der Waals surface area contributed by atoms with Gasteiger partial charge in [0.05, 0.1) is 6.10 Å². The Hall–Kier alpha value is -0.770. The highest BCUT2D eigenvalue weighted by atomic mass is 16.3. The first-order valence-corrected chi connectivity index (χ1v) is 6.80. The van der Waals surface area contributed by atoms with Crippen molar-refractivity contribution in [1.82, 2.24) is 10.6 Å². The molecular formula is C13H26N2O2. The maximum atomic E-state index is 11.6. The zero-order chi connectivity index (χ0) is 12.7. The van der Waals surface area contributed by atoms with Gasteiger partial charge in [-0.05, 0) is 32.1 Å². The van der Waals surface area contributed by atoms with Crippen LogP contribution in [-0.4, -0.2) is 29.8 Å². The minimum atomic E-state index is -0.298. The highest BCUT2D eigenvalue weighted by Gasteiger charge is 2.15. The van der Waals surface area contributed by atoms with Crippen LogP contribution in [0.3, 0.4) is 0 Å². The average molecular weight is 242 g/mol. The van der Waals surface area contributed by atoms with E-state index in [4.69, 9.17) is 0 Å². The highest BCUT2D eigenvalue weighted by Crippen LogP contribution is 2.17. The van der Waals surface area contributed by atoms with Crippen LogP contribution in [-0.2, 0) is 0 Å². The molecule has 0 aromatic rings. The smallest absolute Gasteiger partial charge is 0.315 e. The maximum absolute atomic E-state index is 11.6. The van der Waals surface area contributed by atoms with Crippen molar-refractivity contribution in [2.75, 3.05) is 6.54 Å². The van der Waals surface area contributed by atoms with Crippen LogP contribution in [0.2, 0.25) is 0 Å². The standard InChI is InChI=1S/C13H26N2O2/c1-10(8-11(2)16)9-14-13(17)15-12-6-4-3-5-7-12/h10-12,16H,3-9H2,1-2H3,(H2,14,15,17). The molecule has 2 unspecified atom stereocenters. The first-order chi connectivity index (χ1) is 8.08. The average Bonchev–Trinajstić information content (AvgIpc) is 2.27. The normalized spacial score (nSPS) is 20.6. The van der Waals surface area contributed by atoms with Gasteiger partial charge in [-0.2, -0.15) is 0 Å². The summed E-state index contributed by atoms with van der Waals surface area (Å²) in [7, 11) is 0. The third-order valence-corrected chi connectivity index (χ3v) is 3.29. The summed E-state index contributed by atoms with van der Waals surface area (Å²) in [6.45, 7) is 4.44. The van der Waals surface area contributed by atoms with E-state index < -0.39 is 0 Å². The van der Waals surface area contributed by atoms with Crippen molar-refractivity contribution in [3.63, 3.8) is 0 Å². The number of aliphatic hydroxyl groups is 1. The summed E-state index contributed by atoms with van der Waals surface area (Å²) < 4.78 is 0. The second kappa shape index (κ2) is 7.54. The Bertz CT molecular complexity index is 225. The van der Waals surface area contributed by atoms with Crippen molar-refractivity contribution in [3.05, 3.63) is 0 Å². The molecule has 0 saturated heterocycles. The summed E-state index contributed by atoms with van der Waals surface area (Å²) in [6, 6.07) is 0.296. The van der Waals surface area contributed by atoms with Crippen LogP contribution in [0.1, 0.15) is 52.4 Å². The molecule has 0 radical (unpaired) electrons. The molecular weight excluding hydrogens is 216 g/mol. The fourth-order valence-corrected chi connectivity index (χ4v) is 2.42. The second-order valence-electron chi connectivity index (χ2n) is 5.38. The van der Waals surface area contributed by atoms with Gasteiger partial charge in [0.15, 0.2) is 0 Å². The first-order valence-electron chi connectivity index (χ1n) is 6.80. The van der Waals surface area contributed by atoms with Gasteiger partial charge >= 0.3 is 6.03 Å². The minimum absolute atomic E-state index is 0.0608. The largest absolute Gasteiger partial charge is 0.393 e. The Balaban J connectivity index is 2.11. The van der Waals surface area contributed by atoms with Gasteiger partial charge in [0.1, 0.15) is 0 Å². The van der Waals surface area contributed by atoms with Crippen molar-refractivity contribution in [3.8, 4) is 0 Å². The van der Waals surface area contributed by atoms with Crippen LogP contribution in [0.15, 0.2) is 0 Å². The van der Waals surface area contributed by atoms with Gasteiger partial charge in [-0.25, -0.2) is 4.79 Å². The third-order valence-electron chi connectivity index (χ3n) is 3.29. The summed E-state index contributed by atoms with van der Waals surface area (Å²) in [6.07, 6.45) is 6.39. The molecule has 1 rings (SSSR count). The van der Waals surface area contributed by atoms with Crippen molar-refractivity contribution in [2.45, 2.75) is 64.5 Å². The fourth-order valence-electron chi connectivity index (χ4n) is 2.42. The molecule has 1 saturated carbocycles. The number of amides is 2. The molecule has 2 amide bonds. The Morgan fingerprint density at radius 2 is 1.94 bits per heavy atom. The molecule has 1 fully saturated rings. The predicted molar refractivity (Wildman–Crippen MR) is 68.9 cm³/mol. The third kappa shape index (κ3) is 6.51. The first kappa shape index (κ1) is 14.3. The lowest BCUT2D eigenvalue weighted by molar-refractivity contribution is 0.163. The van der Waals surface area contributed by atoms with Crippen molar-refractivity contribution < 1.29 is 9.90 Å². The Morgan fingerprint density at radius 1 is 1.29 bits per heavy atom. The van der Waals surface area contributed by atoms with Gasteiger partial charge in [-0.15, -0.1) is 0 Å². The van der Waals surface area contributed by atoms with Gasteiger partial charge < -0.3 is 15.7 Å². The van der Waals surface area contributed by atoms with Crippen LogP contribution >= 0.6 is 0 Å². The van der Waals surface area contributed by atoms with Crippen molar-refractivity contribution >= 4 is 6.03 Å². The van der Waals surface area contributed by atoms with Crippen LogP contribution in [0, 0.1) is 5.92 Å². The van der Waals surface area contributed by atoms with E-state index in [0.717, 1.165) is 19.3 Å². The van der Waals surface area contributed by atoms with Gasteiger partial charge in [0.2, 0.25) is 0 Å². The van der Waals surface area contributed by atoms with E-state index in [1.54, 1.807) is 6.92 Å². The van der Waals surface area contributed by atoms with E-state index in [1.807, 2.05) is 6.92 Å². The van der Waals surface area contributed by atoms with Crippen LogP contribution in [0.25, 0.3) is 0 Å². The quantitative estimate of drug-likeness (QED) is 0.690. The molecule has 0 heterocycles. The molecule has 2 atom stereocenters. The fraction of sp³-hybridized carbons (Fsp3) is 0.923. The molecule has 0 spiro atoms. The number of hydrogen-bond acceptors (Lipinski definition) is 2. The number of nitrogens with one attached hydrogen (secondary N) is 2. The molecule has 0 aromatic heterocycles. The van der Waals surface area contributed by atoms with Gasteiger partial charge in [-0.1, -0.05) is 26.2 Å². The van der Waals surface area contributed by atoms with E-state index in [-0.39, 0.29) is 12.1 Å². The molecule has 0 aromatic carbocycles. The van der Waals surface area contributed by atoms with E-state index in [1.165, 1.54) is 19.3 Å². The van der Waals surface area contributed by atoms with Crippen molar-refractivity contribution in [2.24, 2.45) is 5.92 Å². The number of rotatable bonds is 5. The molecule has 0 aliphatic heterocycles. The molecule has 0 bridgehead atoms. The molecule has 3 N–H and O–H groups in total. The lowest BCUT2D eigenvalue weighted by atomic mass is 9.96.